The monoisotopic (exact) mass is 934 g/mol. The first kappa shape index (κ1) is 47.9. The molecule has 362 valence electrons. The van der Waals surface area contributed by atoms with E-state index < -0.39 is 132 Å². The lowest BCUT2D eigenvalue weighted by molar-refractivity contribution is -0.292. The number of benzene rings is 1. The number of aromatic hydroxyl groups is 1. The average molecular weight is 935 g/mol. The second kappa shape index (κ2) is 18.0. The lowest BCUT2D eigenvalue weighted by atomic mass is 9.57. The Morgan fingerprint density at radius 3 is 1.88 bits per heavy atom. The molecule has 3 aliphatic carbocycles. The van der Waals surface area contributed by atoms with Gasteiger partial charge in [-0.25, -0.2) is 0 Å². The largest absolute Gasteiger partial charge is 0.507 e. The predicted octanol–water partition coefficient (Wildman–Crippen LogP) is 3.39. The van der Waals surface area contributed by atoms with Crippen molar-refractivity contribution in [1.29, 1.82) is 0 Å². The molecule has 1 unspecified atom stereocenters. The Bertz CT molecular complexity index is 2320. The minimum atomic E-state index is -2.83. The van der Waals surface area contributed by atoms with E-state index in [9.17, 15) is 44.4 Å². The molecule has 1 aromatic rings. The van der Waals surface area contributed by atoms with Crippen molar-refractivity contribution < 1.29 is 87.0 Å². The summed E-state index contributed by atoms with van der Waals surface area (Å²) in [4.78, 5) is 66.5. The van der Waals surface area contributed by atoms with Gasteiger partial charge in [0.25, 0.3) is 0 Å². The number of Topliss-reactive ketones (excluding diaryl/α,β-unsaturated/α-hetero) is 3. The van der Waals surface area contributed by atoms with E-state index in [4.69, 9.17) is 42.6 Å². The number of aliphatic hydroxyl groups excluding tert-OH is 1. The maximum atomic E-state index is 14.4. The lowest BCUT2D eigenvalue weighted by Gasteiger charge is -2.53. The third-order valence-electron chi connectivity index (χ3n) is 14.4. The smallest absolute Gasteiger partial charge is 0.198 e. The number of ketones is 5. The van der Waals surface area contributed by atoms with Gasteiger partial charge in [0, 0.05) is 48.8 Å². The molecule has 0 spiro atoms. The van der Waals surface area contributed by atoms with Gasteiger partial charge in [-0.05, 0) is 90.8 Å². The normalized spacial score (nSPS) is 43.3. The molecule has 1 aromatic carbocycles. The van der Waals surface area contributed by atoms with Crippen molar-refractivity contribution in [2.24, 2.45) is 0 Å². The van der Waals surface area contributed by atoms with E-state index >= 15 is 0 Å². The summed E-state index contributed by atoms with van der Waals surface area (Å²) in [5.74, 6) is -3.57. The fourth-order valence-electron chi connectivity index (χ4n) is 10.7. The quantitative estimate of drug-likeness (QED) is 0.277. The van der Waals surface area contributed by atoms with Crippen LogP contribution in [0.1, 0.15) is 119 Å². The van der Waals surface area contributed by atoms with Crippen molar-refractivity contribution in [3.05, 3.63) is 76.4 Å². The number of ether oxygens (including phenoxy) is 9. The van der Waals surface area contributed by atoms with Crippen LogP contribution in [0.4, 0.5) is 0 Å². The molecule has 18 nitrogen and oxygen atoms in total. The van der Waals surface area contributed by atoms with Gasteiger partial charge in [0.2, 0.25) is 0 Å². The SMILES string of the molecule is C[C@@H]1O[C@@H](OC2CC[C@H](O[C@@]3(C)CC(=O)[C@]4(O)C5=C(C=C[C@]4(O)C3)C(=O)c3c(ccc([C@H]4C[C@@H](O)[C@H](O[C@H]6CC[C@H](O[C@H]7C=CC(=O)[C@H](C)O7)[C@H](C)O6)[C@@H](C)O4)c3O)C5=O)O[C@H]2C)C=CC1=O. The first-order valence-corrected chi connectivity index (χ1v) is 23.1. The Hall–Kier alpha value is -4.15. The molecule has 5 aliphatic heterocycles. The molecule has 17 atom stereocenters. The molecule has 5 heterocycles. The molecule has 8 aliphatic rings. The summed E-state index contributed by atoms with van der Waals surface area (Å²) in [5.41, 5.74) is -8.05. The molecule has 0 radical (unpaired) electrons. The summed E-state index contributed by atoms with van der Waals surface area (Å²) in [6.07, 6.45) is -0.115. The van der Waals surface area contributed by atoms with Crippen LogP contribution in [0.2, 0.25) is 0 Å². The molecule has 0 amide bonds. The number of aliphatic hydroxyl groups is 3. The first-order valence-electron chi connectivity index (χ1n) is 23.1. The molecule has 0 bridgehead atoms. The van der Waals surface area contributed by atoms with Gasteiger partial charge in [-0.1, -0.05) is 12.1 Å². The Labute approximate surface area is 386 Å². The van der Waals surface area contributed by atoms with Crippen LogP contribution in [0.3, 0.4) is 0 Å². The van der Waals surface area contributed by atoms with E-state index in [1.54, 1.807) is 46.8 Å². The van der Waals surface area contributed by atoms with Crippen molar-refractivity contribution in [3.63, 3.8) is 0 Å². The predicted molar refractivity (Wildman–Crippen MR) is 229 cm³/mol. The molecule has 0 aromatic heterocycles. The Morgan fingerprint density at radius 2 is 1.30 bits per heavy atom. The van der Waals surface area contributed by atoms with Gasteiger partial charge in [-0.3, -0.25) is 24.0 Å². The Morgan fingerprint density at radius 1 is 0.701 bits per heavy atom. The number of rotatable bonds is 9. The number of carbonyl (C=O) groups is 5. The van der Waals surface area contributed by atoms with Gasteiger partial charge in [0.15, 0.2) is 59.7 Å². The first-order chi connectivity index (χ1) is 31.7. The topological polar surface area (TPSA) is 249 Å². The highest BCUT2D eigenvalue weighted by Crippen LogP contribution is 2.53. The van der Waals surface area contributed by atoms with E-state index in [0.717, 1.165) is 6.08 Å². The molecular weight excluding hydrogens is 877 g/mol. The number of allylic oxidation sites excluding steroid dienone is 2. The van der Waals surface area contributed by atoms with Gasteiger partial charge < -0.3 is 63.1 Å². The van der Waals surface area contributed by atoms with Crippen LogP contribution in [-0.2, 0) is 57.0 Å². The highest BCUT2D eigenvalue weighted by atomic mass is 16.7. The summed E-state index contributed by atoms with van der Waals surface area (Å²) in [6, 6.07) is 2.70. The van der Waals surface area contributed by atoms with Crippen LogP contribution >= 0.6 is 0 Å². The zero-order valence-corrected chi connectivity index (χ0v) is 38.2. The Kier molecular flexibility index (Phi) is 12.9. The maximum absolute atomic E-state index is 14.4. The third kappa shape index (κ3) is 8.67. The van der Waals surface area contributed by atoms with Crippen LogP contribution in [0.15, 0.2) is 59.7 Å². The van der Waals surface area contributed by atoms with Crippen molar-refractivity contribution >= 4 is 28.9 Å². The van der Waals surface area contributed by atoms with E-state index in [1.165, 1.54) is 30.4 Å². The van der Waals surface area contributed by atoms with Gasteiger partial charge in [-0.15, -0.1) is 0 Å². The number of hydrogen-bond acceptors (Lipinski definition) is 18. The summed E-state index contributed by atoms with van der Waals surface area (Å²) in [7, 11) is 0. The molecular formula is C49H58O18. The van der Waals surface area contributed by atoms with E-state index in [-0.39, 0.29) is 52.8 Å². The van der Waals surface area contributed by atoms with Gasteiger partial charge in [0.1, 0.15) is 29.7 Å². The number of phenols is 1. The summed E-state index contributed by atoms with van der Waals surface area (Å²) >= 11 is 0. The minimum Gasteiger partial charge on any atom is -0.507 e. The highest BCUT2D eigenvalue weighted by Gasteiger charge is 2.67. The highest BCUT2D eigenvalue weighted by molar-refractivity contribution is 6.32. The standard InChI is InChI=1S/C49H58O18/c1-22-30(50)9-13-37(60-22)64-33-11-15-39(62-24(33)3)66-46-26(5)59-35(19-32(46)52)27-7-8-28-41(43(27)54)44(55)29-17-18-48(57)21-47(6,20-36(53)49(48,58)42(29)45(28)56)67-40-16-12-34(25(4)63-40)65-38-14-10-31(51)23(2)61-38/h7-10,13-14,17-18,22-26,32-35,37-40,46,52,54,57-58H,11-12,15-16,19-21H2,1-6H3/t22-,23-,24-,25-,26+,32+,33-,34?,35+,37-,38-,39-,40-,46+,47-,48-,49-/m0/s1. The van der Waals surface area contributed by atoms with Crippen LogP contribution in [-0.4, -0.2) is 146 Å². The maximum Gasteiger partial charge on any atom is 0.198 e. The Balaban J connectivity index is 0.843. The molecule has 1 saturated carbocycles. The zero-order valence-electron chi connectivity index (χ0n) is 38.2. The van der Waals surface area contributed by atoms with Crippen LogP contribution in [0.25, 0.3) is 0 Å². The van der Waals surface area contributed by atoms with Gasteiger partial charge >= 0.3 is 0 Å². The lowest BCUT2D eigenvalue weighted by Crippen LogP contribution is -2.69. The molecule has 18 heteroatoms. The molecule has 3 saturated heterocycles. The second-order valence-corrected chi connectivity index (χ2v) is 19.3. The zero-order chi connectivity index (χ0) is 47.9. The van der Waals surface area contributed by atoms with Gasteiger partial charge in [0.05, 0.1) is 59.5 Å². The molecule has 67 heavy (non-hydrogen) atoms. The van der Waals surface area contributed by atoms with E-state index in [1.807, 2.05) is 6.92 Å². The number of phenolic OH excluding ortho intramolecular Hbond substituents is 1. The fraction of sp³-hybridized carbons (Fsp3) is 0.612. The number of fused-ring (bicyclic) bond motifs is 3. The molecule has 4 fully saturated rings. The van der Waals surface area contributed by atoms with Crippen molar-refractivity contribution in [1.82, 2.24) is 0 Å². The minimum absolute atomic E-state index is 0.0512. The van der Waals surface area contributed by atoms with Crippen molar-refractivity contribution in [2.45, 2.75) is 189 Å². The van der Waals surface area contributed by atoms with Crippen LogP contribution in [0.5, 0.6) is 5.75 Å². The molecule has 4 N–H and O–H groups in total. The van der Waals surface area contributed by atoms with Crippen molar-refractivity contribution in [2.75, 3.05) is 0 Å². The summed E-state index contributed by atoms with van der Waals surface area (Å²) in [5, 5.41) is 47.6. The van der Waals surface area contributed by atoms with Gasteiger partial charge in [-0.2, -0.15) is 0 Å². The van der Waals surface area contributed by atoms with E-state index in [0.29, 0.717) is 25.7 Å². The fourth-order valence-corrected chi connectivity index (χ4v) is 10.7. The number of carbonyl (C=O) groups excluding carboxylic acids is 5. The van der Waals surface area contributed by atoms with Crippen molar-refractivity contribution in [3.8, 4) is 5.75 Å². The van der Waals surface area contributed by atoms with Crippen LogP contribution in [0, 0.1) is 0 Å². The summed E-state index contributed by atoms with van der Waals surface area (Å²) < 4.78 is 54.4. The van der Waals surface area contributed by atoms with E-state index in [2.05, 4.69) is 0 Å². The van der Waals surface area contributed by atoms with Crippen LogP contribution < -0.4 is 0 Å². The molecule has 9 rings (SSSR count). The second-order valence-electron chi connectivity index (χ2n) is 19.3. The third-order valence-corrected chi connectivity index (χ3v) is 14.4. The number of hydrogen-bond donors (Lipinski definition) is 4. The summed E-state index contributed by atoms with van der Waals surface area (Å²) in [6.45, 7) is 10.2. The average Bonchev–Trinajstić information content (AvgIpc) is 3.26.